The van der Waals surface area contributed by atoms with E-state index < -0.39 is 5.97 Å². The van der Waals surface area contributed by atoms with Crippen molar-refractivity contribution in [1.82, 2.24) is 4.98 Å². The minimum atomic E-state index is -0.492. The van der Waals surface area contributed by atoms with Crippen LogP contribution in [-0.4, -0.2) is 57.6 Å². The molecule has 1 aromatic heterocycles. The SMILES string of the molecule is CCOC(=O)c1coc(N(CCOC)C(C)COC)n1. The summed E-state index contributed by atoms with van der Waals surface area (Å²) < 4.78 is 20.4. The zero-order chi connectivity index (χ0) is 15.0. The predicted octanol–water partition coefficient (Wildman–Crippen LogP) is 1.34. The van der Waals surface area contributed by atoms with Gasteiger partial charge in [0.05, 0.1) is 25.9 Å². The summed E-state index contributed by atoms with van der Waals surface area (Å²) in [7, 11) is 3.25. The number of carbonyl (C=O) groups is 1. The highest BCUT2D eigenvalue weighted by molar-refractivity contribution is 5.87. The molecule has 1 rings (SSSR count). The van der Waals surface area contributed by atoms with Crippen LogP contribution in [0.5, 0.6) is 0 Å². The van der Waals surface area contributed by atoms with E-state index in [2.05, 4.69) is 4.98 Å². The Balaban J connectivity index is 2.82. The van der Waals surface area contributed by atoms with Crippen LogP contribution in [-0.2, 0) is 14.2 Å². The van der Waals surface area contributed by atoms with Crippen molar-refractivity contribution in [3.8, 4) is 0 Å². The van der Waals surface area contributed by atoms with Crippen LogP contribution < -0.4 is 4.90 Å². The first-order valence-corrected chi connectivity index (χ1v) is 6.51. The topological polar surface area (TPSA) is 74.0 Å². The van der Waals surface area contributed by atoms with Gasteiger partial charge in [-0.2, -0.15) is 4.98 Å². The largest absolute Gasteiger partial charge is 0.461 e. The Hall–Kier alpha value is -1.60. The van der Waals surface area contributed by atoms with E-state index in [0.717, 1.165) is 0 Å². The average Bonchev–Trinajstić information content (AvgIpc) is 2.89. The molecule has 0 radical (unpaired) electrons. The highest BCUT2D eigenvalue weighted by Crippen LogP contribution is 2.17. The van der Waals surface area contributed by atoms with Crippen LogP contribution in [0.2, 0.25) is 0 Å². The van der Waals surface area contributed by atoms with Gasteiger partial charge < -0.3 is 23.5 Å². The maximum Gasteiger partial charge on any atom is 0.360 e. The van der Waals surface area contributed by atoms with Crippen molar-refractivity contribution in [2.45, 2.75) is 19.9 Å². The van der Waals surface area contributed by atoms with Gasteiger partial charge in [0.1, 0.15) is 6.26 Å². The van der Waals surface area contributed by atoms with Gasteiger partial charge in [0.15, 0.2) is 5.69 Å². The molecule has 0 saturated carbocycles. The first-order chi connectivity index (χ1) is 9.63. The van der Waals surface area contributed by atoms with Crippen LogP contribution in [0.3, 0.4) is 0 Å². The van der Waals surface area contributed by atoms with Crippen molar-refractivity contribution in [3.05, 3.63) is 12.0 Å². The molecule has 1 atom stereocenters. The average molecular weight is 286 g/mol. The molecule has 7 nitrogen and oxygen atoms in total. The fraction of sp³-hybridized carbons (Fsp3) is 0.692. The standard InChI is InChI=1S/C13H22N2O5/c1-5-19-12(16)11-9-20-13(14-11)15(6-7-17-3)10(2)8-18-4/h9-10H,5-8H2,1-4H3. The van der Waals surface area contributed by atoms with E-state index in [1.165, 1.54) is 6.26 Å². The predicted molar refractivity (Wildman–Crippen MR) is 73.0 cm³/mol. The number of methoxy groups -OCH3 is 2. The molecule has 0 aliphatic carbocycles. The van der Waals surface area contributed by atoms with Crippen molar-refractivity contribution in [1.29, 1.82) is 0 Å². The summed E-state index contributed by atoms with van der Waals surface area (Å²) in [4.78, 5) is 17.6. The lowest BCUT2D eigenvalue weighted by Crippen LogP contribution is -2.39. The number of anilines is 1. The van der Waals surface area contributed by atoms with Crippen LogP contribution in [0.1, 0.15) is 24.3 Å². The van der Waals surface area contributed by atoms with Gasteiger partial charge in [0, 0.05) is 20.8 Å². The smallest absolute Gasteiger partial charge is 0.360 e. The highest BCUT2D eigenvalue weighted by Gasteiger charge is 2.21. The van der Waals surface area contributed by atoms with Gasteiger partial charge >= 0.3 is 5.97 Å². The Morgan fingerprint density at radius 2 is 2.20 bits per heavy atom. The molecule has 1 heterocycles. The maximum absolute atomic E-state index is 11.6. The first kappa shape index (κ1) is 16.5. The van der Waals surface area contributed by atoms with E-state index >= 15 is 0 Å². The molecule has 0 aliphatic heterocycles. The zero-order valence-electron chi connectivity index (χ0n) is 12.4. The molecule has 0 fully saturated rings. The Labute approximate surface area is 118 Å². The van der Waals surface area contributed by atoms with Gasteiger partial charge in [-0.25, -0.2) is 4.79 Å². The second-order valence-electron chi connectivity index (χ2n) is 4.23. The van der Waals surface area contributed by atoms with Gasteiger partial charge in [0.2, 0.25) is 0 Å². The number of carbonyl (C=O) groups excluding carboxylic acids is 1. The van der Waals surface area contributed by atoms with Gasteiger partial charge in [-0.15, -0.1) is 0 Å². The summed E-state index contributed by atoms with van der Waals surface area (Å²) in [6.45, 7) is 5.64. The van der Waals surface area contributed by atoms with E-state index in [1.54, 1.807) is 21.1 Å². The van der Waals surface area contributed by atoms with Gasteiger partial charge in [-0.05, 0) is 13.8 Å². The fourth-order valence-corrected chi connectivity index (χ4v) is 1.72. The highest BCUT2D eigenvalue weighted by atomic mass is 16.5. The maximum atomic E-state index is 11.6. The summed E-state index contributed by atoms with van der Waals surface area (Å²) in [6, 6.07) is 0.401. The molecule has 1 unspecified atom stereocenters. The Morgan fingerprint density at radius 1 is 1.45 bits per heavy atom. The second-order valence-corrected chi connectivity index (χ2v) is 4.23. The van der Waals surface area contributed by atoms with Crippen LogP contribution in [0.15, 0.2) is 10.7 Å². The van der Waals surface area contributed by atoms with Crippen molar-refractivity contribution in [2.75, 3.05) is 45.5 Å². The third-order valence-electron chi connectivity index (χ3n) is 2.70. The number of rotatable bonds is 9. The van der Waals surface area contributed by atoms with Crippen molar-refractivity contribution < 1.29 is 23.4 Å². The number of oxazole rings is 1. The lowest BCUT2D eigenvalue weighted by atomic mass is 10.3. The van der Waals surface area contributed by atoms with Crippen molar-refractivity contribution >= 4 is 12.0 Å². The number of aromatic nitrogens is 1. The summed E-state index contributed by atoms with van der Waals surface area (Å²) in [5, 5.41) is 0. The van der Waals surface area contributed by atoms with Crippen LogP contribution >= 0.6 is 0 Å². The number of esters is 1. The third-order valence-corrected chi connectivity index (χ3v) is 2.70. The summed E-state index contributed by atoms with van der Waals surface area (Å²) in [6.07, 6.45) is 1.30. The molecule has 1 aromatic rings. The van der Waals surface area contributed by atoms with Crippen LogP contribution in [0.4, 0.5) is 6.01 Å². The van der Waals surface area contributed by atoms with E-state index in [0.29, 0.717) is 32.4 Å². The van der Waals surface area contributed by atoms with E-state index in [4.69, 9.17) is 18.6 Å². The third kappa shape index (κ3) is 4.50. The molecule has 20 heavy (non-hydrogen) atoms. The fourth-order valence-electron chi connectivity index (χ4n) is 1.72. The van der Waals surface area contributed by atoms with E-state index in [9.17, 15) is 4.79 Å². The summed E-state index contributed by atoms with van der Waals surface area (Å²) >= 11 is 0. The quantitative estimate of drug-likeness (QED) is 0.634. The normalized spacial score (nSPS) is 12.2. The number of nitrogens with zero attached hydrogens (tertiary/aromatic N) is 2. The number of ether oxygens (including phenoxy) is 3. The van der Waals surface area contributed by atoms with Gasteiger partial charge in [-0.1, -0.05) is 0 Å². The molecular formula is C13H22N2O5. The van der Waals surface area contributed by atoms with E-state index in [-0.39, 0.29) is 11.7 Å². The molecule has 0 aliphatic rings. The minimum absolute atomic E-state index is 0.0452. The molecule has 0 amide bonds. The molecule has 0 spiro atoms. The van der Waals surface area contributed by atoms with E-state index in [1.807, 2.05) is 11.8 Å². The summed E-state index contributed by atoms with van der Waals surface area (Å²) in [5.74, 6) is -0.492. The Kier molecular flexibility index (Phi) is 7.03. The molecule has 114 valence electrons. The monoisotopic (exact) mass is 286 g/mol. The zero-order valence-corrected chi connectivity index (χ0v) is 12.4. The Morgan fingerprint density at radius 3 is 2.80 bits per heavy atom. The minimum Gasteiger partial charge on any atom is -0.461 e. The van der Waals surface area contributed by atoms with Gasteiger partial charge in [-0.3, -0.25) is 0 Å². The molecule has 0 saturated heterocycles. The number of hydrogen-bond donors (Lipinski definition) is 0. The number of hydrogen-bond acceptors (Lipinski definition) is 7. The molecule has 0 aromatic carbocycles. The second kappa shape index (κ2) is 8.55. The Bertz CT molecular complexity index is 407. The summed E-state index contributed by atoms with van der Waals surface area (Å²) in [5.41, 5.74) is 0.161. The van der Waals surface area contributed by atoms with Gasteiger partial charge in [0.25, 0.3) is 6.01 Å². The lowest BCUT2D eigenvalue weighted by molar-refractivity contribution is 0.0519. The van der Waals surface area contributed by atoms with Crippen LogP contribution in [0.25, 0.3) is 0 Å². The molecular weight excluding hydrogens is 264 g/mol. The van der Waals surface area contributed by atoms with Crippen molar-refractivity contribution in [2.24, 2.45) is 0 Å². The first-order valence-electron chi connectivity index (χ1n) is 6.51. The van der Waals surface area contributed by atoms with Crippen LogP contribution in [0, 0.1) is 0 Å². The lowest BCUT2D eigenvalue weighted by Gasteiger charge is -2.26. The van der Waals surface area contributed by atoms with Crippen molar-refractivity contribution in [3.63, 3.8) is 0 Å². The molecule has 0 N–H and O–H groups in total. The molecule has 0 bridgehead atoms. The molecule has 7 heteroatoms.